The minimum atomic E-state index is 0.585. The first-order valence-electron chi connectivity index (χ1n) is 8.00. The maximum absolute atomic E-state index is 5.18. The van der Waals surface area contributed by atoms with E-state index in [1.165, 1.54) is 19.3 Å². The molecule has 0 radical (unpaired) electrons. The van der Waals surface area contributed by atoms with Crippen molar-refractivity contribution in [2.75, 3.05) is 11.9 Å². The van der Waals surface area contributed by atoms with Gasteiger partial charge in [0.15, 0.2) is 5.76 Å². The van der Waals surface area contributed by atoms with Crippen molar-refractivity contribution in [2.24, 2.45) is 0 Å². The normalized spacial score (nSPS) is 18.3. The van der Waals surface area contributed by atoms with Gasteiger partial charge in [-0.25, -0.2) is 9.97 Å². The minimum Gasteiger partial charge on any atom is -0.363 e. The number of aryl methyl sites for hydroxylation is 2. The molecule has 22 heavy (non-hydrogen) atoms. The molecule has 3 heterocycles. The van der Waals surface area contributed by atoms with Gasteiger partial charge in [0.1, 0.15) is 12.1 Å². The van der Waals surface area contributed by atoms with Crippen molar-refractivity contribution in [3.63, 3.8) is 0 Å². The molecule has 0 bridgehead atoms. The van der Waals surface area contributed by atoms with E-state index in [0.717, 1.165) is 42.4 Å². The highest BCUT2D eigenvalue weighted by Gasteiger charge is 2.12. The fourth-order valence-corrected chi connectivity index (χ4v) is 2.80. The van der Waals surface area contributed by atoms with Crippen LogP contribution in [0.2, 0.25) is 0 Å². The van der Waals surface area contributed by atoms with Gasteiger partial charge < -0.3 is 15.2 Å². The molecule has 1 fully saturated rings. The van der Waals surface area contributed by atoms with E-state index in [2.05, 4.69) is 25.8 Å². The molecule has 2 aromatic heterocycles. The van der Waals surface area contributed by atoms with Crippen LogP contribution in [0.5, 0.6) is 0 Å². The summed E-state index contributed by atoms with van der Waals surface area (Å²) >= 11 is 0. The maximum atomic E-state index is 5.18. The molecule has 0 saturated carbocycles. The Morgan fingerprint density at radius 3 is 3.05 bits per heavy atom. The summed E-state index contributed by atoms with van der Waals surface area (Å²) in [6.07, 6.45) is 7.66. The lowest BCUT2D eigenvalue weighted by Gasteiger charge is -2.23. The lowest BCUT2D eigenvalue weighted by Crippen LogP contribution is -2.34. The summed E-state index contributed by atoms with van der Waals surface area (Å²) < 4.78 is 5.18. The first kappa shape index (κ1) is 15.0. The van der Waals surface area contributed by atoms with Crippen LogP contribution in [0.4, 0.5) is 5.82 Å². The molecule has 118 valence electrons. The van der Waals surface area contributed by atoms with E-state index in [-0.39, 0.29) is 0 Å². The molecule has 6 nitrogen and oxygen atoms in total. The highest BCUT2D eigenvalue weighted by atomic mass is 16.5. The highest BCUT2D eigenvalue weighted by molar-refractivity contribution is 5.35. The Balaban J connectivity index is 1.50. The van der Waals surface area contributed by atoms with E-state index in [4.69, 9.17) is 4.52 Å². The Bertz CT molecular complexity index is 592. The van der Waals surface area contributed by atoms with Crippen LogP contribution in [0.15, 0.2) is 23.0 Å². The molecule has 1 saturated heterocycles. The second-order valence-corrected chi connectivity index (χ2v) is 5.87. The van der Waals surface area contributed by atoms with Gasteiger partial charge in [0.25, 0.3) is 0 Å². The Morgan fingerprint density at radius 1 is 1.32 bits per heavy atom. The zero-order valence-corrected chi connectivity index (χ0v) is 13.0. The standard InChI is InChI=1S/C16H23N5O/c1-12-8-15(22-21-12)10-18-16-9-14(19-11-20-16)6-5-13-4-2-3-7-17-13/h8-9,11,13,17H,2-7,10H2,1H3,(H,18,19,20)/t13-/m1/s1. The number of nitrogens with one attached hydrogen (secondary N) is 2. The zero-order chi connectivity index (χ0) is 15.2. The topological polar surface area (TPSA) is 75.9 Å². The van der Waals surface area contributed by atoms with Crippen molar-refractivity contribution in [1.29, 1.82) is 0 Å². The number of piperidine rings is 1. The van der Waals surface area contributed by atoms with E-state index >= 15 is 0 Å². The van der Waals surface area contributed by atoms with E-state index in [0.29, 0.717) is 12.6 Å². The van der Waals surface area contributed by atoms with Crippen LogP contribution >= 0.6 is 0 Å². The van der Waals surface area contributed by atoms with Crippen LogP contribution in [0.3, 0.4) is 0 Å². The molecule has 2 aromatic rings. The highest BCUT2D eigenvalue weighted by Crippen LogP contribution is 2.14. The fourth-order valence-electron chi connectivity index (χ4n) is 2.80. The lowest BCUT2D eigenvalue weighted by atomic mass is 10.00. The monoisotopic (exact) mass is 301 g/mol. The molecule has 0 aliphatic carbocycles. The van der Waals surface area contributed by atoms with Crippen LogP contribution in [-0.4, -0.2) is 27.7 Å². The summed E-state index contributed by atoms with van der Waals surface area (Å²) in [6, 6.07) is 4.58. The Hall–Kier alpha value is -1.95. The van der Waals surface area contributed by atoms with E-state index < -0.39 is 0 Å². The summed E-state index contributed by atoms with van der Waals surface area (Å²) in [5.41, 5.74) is 1.97. The summed E-state index contributed by atoms with van der Waals surface area (Å²) in [5.74, 6) is 1.64. The van der Waals surface area contributed by atoms with Crippen LogP contribution in [0.1, 0.15) is 42.8 Å². The molecular weight excluding hydrogens is 278 g/mol. The van der Waals surface area contributed by atoms with Crippen molar-refractivity contribution < 1.29 is 4.52 Å². The molecule has 0 aromatic carbocycles. The molecule has 2 N–H and O–H groups in total. The first-order valence-corrected chi connectivity index (χ1v) is 8.00. The van der Waals surface area contributed by atoms with Crippen molar-refractivity contribution in [2.45, 2.75) is 51.6 Å². The maximum Gasteiger partial charge on any atom is 0.156 e. The predicted octanol–water partition coefficient (Wildman–Crippen LogP) is 2.46. The molecule has 1 aliphatic rings. The molecule has 0 unspecified atom stereocenters. The number of aromatic nitrogens is 3. The second kappa shape index (κ2) is 7.35. The summed E-state index contributed by atoms with van der Waals surface area (Å²) in [4.78, 5) is 8.62. The lowest BCUT2D eigenvalue weighted by molar-refractivity contribution is 0.382. The number of hydrogen-bond donors (Lipinski definition) is 2. The number of hydrogen-bond acceptors (Lipinski definition) is 6. The third-order valence-electron chi connectivity index (χ3n) is 4.01. The Kier molecular flexibility index (Phi) is 5.00. The van der Waals surface area contributed by atoms with Gasteiger partial charge in [-0.05, 0) is 39.2 Å². The van der Waals surface area contributed by atoms with Crippen molar-refractivity contribution in [3.05, 3.63) is 35.6 Å². The Labute approximate surface area is 130 Å². The molecular formula is C16H23N5O. The van der Waals surface area contributed by atoms with Gasteiger partial charge in [0.2, 0.25) is 0 Å². The van der Waals surface area contributed by atoms with E-state index in [1.54, 1.807) is 6.33 Å². The Morgan fingerprint density at radius 2 is 2.27 bits per heavy atom. The molecule has 1 aliphatic heterocycles. The van der Waals surface area contributed by atoms with Crippen LogP contribution in [-0.2, 0) is 13.0 Å². The van der Waals surface area contributed by atoms with Crippen LogP contribution in [0, 0.1) is 6.92 Å². The number of nitrogens with zero attached hydrogens (tertiary/aromatic N) is 3. The van der Waals surface area contributed by atoms with Crippen molar-refractivity contribution in [3.8, 4) is 0 Å². The van der Waals surface area contributed by atoms with Crippen LogP contribution in [0.25, 0.3) is 0 Å². The van der Waals surface area contributed by atoms with Gasteiger partial charge in [-0.15, -0.1) is 0 Å². The minimum absolute atomic E-state index is 0.585. The third kappa shape index (κ3) is 4.27. The number of anilines is 1. The summed E-state index contributed by atoms with van der Waals surface area (Å²) in [7, 11) is 0. The van der Waals surface area contributed by atoms with Crippen LogP contribution < -0.4 is 10.6 Å². The second-order valence-electron chi connectivity index (χ2n) is 5.87. The SMILES string of the molecule is Cc1cc(CNc2cc(CC[C@H]3CCCCN3)ncn2)on1. The molecule has 0 spiro atoms. The van der Waals surface area contributed by atoms with Gasteiger partial charge in [0.05, 0.1) is 12.2 Å². The molecule has 3 rings (SSSR count). The first-order chi connectivity index (χ1) is 10.8. The molecule has 0 amide bonds. The third-order valence-corrected chi connectivity index (χ3v) is 4.01. The number of rotatable bonds is 6. The van der Waals surface area contributed by atoms with Gasteiger partial charge in [-0.1, -0.05) is 11.6 Å². The quantitative estimate of drug-likeness (QED) is 0.853. The smallest absolute Gasteiger partial charge is 0.156 e. The van der Waals surface area contributed by atoms with Gasteiger partial charge >= 0.3 is 0 Å². The largest absolute Gasteiger partial charge is 0.363 e. The van der Waals surface area contributed by atoms with Crippen molar-refractivity contribution >= 4 is 5.82 Å². The molecule has 1 atom stereocenters. The summed E-state index contributed by atoms with van der Waals surface area (Å²) in [5, 5.41) is 10.7. The van der Waals surface area contributed by atoms with E-state index in [9.17, 15) is 0 Å². The van der Waals surface area contributed by atoms with Gasteiger partial charge in [-0.2, -0.15) is 0 Å². The predicted molar refractivity (Wildman–Crippen MR) is 84.6 cm³/mol. The average Bonchev–Trinajstić information content (AvgIpc) is 2.98. The molecule has 6 heteroatoms. The average molecular weight is 301 g/mol. The van der Waals surface area contributed by atoms with Crippen molar-refractivity contribution in [1.82, 2.24) is 20.4 Å². The summed E-state index contributed by atoms with van der Waals surface area (Å²) in [6.45, 7) is 3.65. The van der Waals surface area contributed by atoms with Gasteiger partial charge in [0, 0.05) is 23.9 Å². The van der Waals surface area contributed by atoms with Gasteiger partial charge in [-0.3, -0.25) is 0 Å². The van der Waals surface area contributed by atoms with E-state index in [1.807, 2.05) is 19.1 Å². The zero-order valence-electron chi connectivity index (χ0n) is 13.0. The fraction of sp³-hybridized carbons (Fsp3) is 0.562.